The second-order valence-corrected chi connectivity index (χ2v) is 5.90. The Labute approximate surface area is 103 Å². The first kappa shape index (κ1) is 15.1. The molecule has 0 aromatic heterocycles. The fourth-order valence-electron chi connectivity index (χ4n) is 0.995. The molecule has 0 saturated carbocycles. The Morgan fingerprint density at radius 3 is 2.11 bits per heavy atom. The molecule has 1 rings (SSSR count). The summed E-state index contributed by atoms with van der Waals surface area (Å²) in [6.45, 7) is -1.68. The van der Waals surface area contributed by atoms with Gasteiger partial charge in [-0.2, -0.15) is 13.2 Å². The Morgan fingerprint density at radius 2 is 1.72 bits per heavy atom. The molecule has 0 saturated heterocycles. The van der Waals surface area contributed by atoms with Gasteiger partial charge in [-0.25, -0.2) is 17.3 Å². The predicted molar refractivity (Wildman–Crippen MR) is 56.7 cm³/mol. The van der Waals surface area contributed by atoms with E-state index >= 15 is 0 Å². The van der Waals surface area contributed by atoms with Crippen LogP contribution in [0.5, 0.6) is 0 Å². The van der Waals surface area contributed by atoms with Gasteiger partial charge < -0.3 is 4.55 Å². The summed E-state index contributed by atoms with van der Waals surface area (Å²) < 4.78 is 79.1. The molecule has 0 aliphatic rings. The van der Waals surface area contributed by atoms with Gasteiger partial charge in [0.05, 0.1) is 9.79 Å². The zero-order chi connectivity index (χ0) is 14.0. The molecule has 5 nitrogen and oxygen atoms in total. The monoisotopic (exact) mass is 303 g/mol. The quantitative estimate of drug-likeness (QED) is 0.816. The van der Waals surface area contributed by atoms with Gasteiger partial charge in [0.2, 0.25) is 10.0 Å². The molecule has 0 aliphatic heterocycles. The maximum atomic E-state index is 11.9. The summed E-state index contributed by atoms with van der Waals surface area (Å²) in [4.78, 5) is -0.467. The maximum absolute atomic E-state index is 11.9. The molecule has 102 valence electrons. The zero-order valence-electron chi connectivity index (χ0n) is 8.64. The van der Waals surface area contributed by atoms with Gasteiger partial charge in [-0.15, -0.1) is 0 Å². The molecule has 0 amide bonds. The van der Waals surface area contributed by atoms with Crippen LogP contribution in [0.1, 0.15) is 0 Å². The molecule has 0 spiro atoms. The van der Waals surface area contributed by atoms with Gasteiger partial charge >= 0.3 is 6.18 Å². The molecule has 18 heavy (non-hydrogen) atoms. The van der Waals surface area contributed by atoms with Gasteiger partial charge in [-0.1, -0.05) is 0 Å². The zero-order valence-corrected chi connectivity index (χ0v) is 10.3. The van der Waals surface area contributed by atoms with Gasteiger partial charge in [0, 0.05) is 0 Å². The first-order valence-electron chi connectivity index (χ1n) is 4.39. The van der Waals surface area contributed by atoms with Crippen LogP contribution in [0, 0.1) is 0 Å². The number of hydrogen-bond acceptors (Lipinski definition) is 3. The van der Waals surface area contributed by atoms with Crippen LogP contribution >= 0.6 is 0 Å². The molecule has 2 N–H and O–H groups in total. The molecular formula is C8H8F3NO4S2. The highest BCUT2D eigenvalue weighted by atomic mass is 32.2. The number of sulfonamides is 1. The lowest BCUT2D eigenvalue weighted by molar-refractivity contribution is -0.121. The Morgan fingerprint density at radius 1 is 1.22 bits per heavy atom. The third-order valence-electron chi connectivity index (χ3n) is 1.80. The first-order valence-corrected chi connectivity index (χ1v) is 6.98. The minimum atomic E-state index is -4.65. The molecule has 1 unspecified atom stereocenters. The van der Waals surface area contributed by atoms with Crippen LogP contribution in [0.2, 0.25) is 0 Å². The van der Waals surface area contributed by atoms with Crippen LogP contribution in [0.25, 0.3) is 0 Å². The first-order chi connectivity index (χ1) is 8.12. The molecule has 0 aliphatic carbocycles. The third kappa shape index (κ3) is 4.37. The molecule has 0 radical (unpaired) electrons. The van der Waals surface area contributed by atoms with E-state index in [1.807, 2.05) is 0 Å². The predicted octanol–water partition coefficient (Wildman–Crippen LogP) is 1.11. The molecule has 10 heteroatoms. The molecule has 1 aromatic carbocycles. The summed E-state index contributed by atoms with van der Waals surface area (Å²) in [6.07, 6.45) is -4.65. The van der Waals surface area contributed by atoms with Crippen molar-refractivity contribution in [2.45, 2.75) is 16.0 Å². The lowest BCUT2D eigenvalue weighted by Gasteiger charge is -2.09. The largest absolute Gasteiger partial charge is 0.402 e. The van der Waals surface area contributed by atoms with E-state index in [2.05, 4.69) is 0 Å². The van der Waals surface area contributed by atoms with Crippen LogP contribution in [-0.4, -0.2) is 29.9 Å². The molecule has 0 bridgehead atoms. The standard InChI is InChI=1S/C8H8F3NO4S2/c9-8(10,11)5-12-18(15,16)7-3-1-6(2-4-7)17(13)14/h1-4,12H,5H2,(H,13,14). The third-order valence-corrected chi connectivity index (χ3v) is 3.89. The second kappa shape index (κ2) is 5.34. The number of benzene rings is 1. The summed E-state index contributed by atoms with van der Waals surface area (Å²) in [5.41, 5.74) is 0. The van der Waals surface area contributed by atoms with E-state index in [-0.39, 0.29) is 4.90 Å². The van der Waals surface area contributed by atoms with Crippen molar-refractivity contribution in [1.82, 2.24) is 4.72 Å². The van der Waals surface area contributed by atoms with E-state index in [9.17, 15) is 25.8 Å². The lowest BCUT2D eigenvalue weighted by atomic mass is 10.4. The van der Waals surface area contributed by atoms with E-state index in [0.717, 1.165) is 24.3 Å². The van der Waals surface area contributed by atoms with Crippen molar-refractivity contribution in [3.63, 3.8) is 0 Å². The van der Waals surface area contributed by atoms with Gasteiger partial charge in [0.1, 0.15) is 6.54 Å². The maximum Gasteiger partial charge on any atom is 0.402 e. The van der Waals surface area contributed by atoms with Gasteiger partial charge in [0.25, 0.3) is 0 Å². The molecule has 0 fully saturated rings. The van der Waals surface area contributed by atoms with Crippen molar-refractivity contribution in [2.75, 3.05) is 6.54 Å². The SMILES string of the molecule is O=S(O)c1ccc(S(=O)(=O)NCC(F)(F)F)cc1. The van der Waals surface area contributed by atoms with Crippen LogP contribution in [0.4, 0.5) is 13.2 Å². The van der Waals surface area contributed by atoms with Crippen molar-refractivity contribution in [3.05, 3.63) is 24.3 Å². The normalized spacial score (nSPS) is 14.4. The topological polar surface area (TPSA) is 83.5 Å². The van der Waals surface area contributed by atoms with E-state index < -0.39 is 38.7 Å². The van der Waals surface area contributed by atoms with Crippen molar-refractivity contribution in [3.8, 4) is 0 Å². The van der Waals surface area contributed by atoms with Gasteiger partial charge in [-0.05, 0) is 24.3 Å². The minimum Gasteiger partial charge on any atom is -0.302 e. The lowest BCUT2D eigenvalue weighted by Crippen LogP contribution is -2.33. The smallest absolute Gasteiger partial charge is 0.302 e. The number of hydrogen-bond donors (Lipinski definition) is 2. The fourth-order valence-corrected chi connectivity index (χ4v) is 2.38. The van der Waals surface area contributed by atoms with Crippen molar-refractivity contribution >= 4 is 21.1 Å². The summed E-state index contributed by atoms with van der Waals surface area (Å²) in [6, 6.07) is 3.97. The Bertz CT molecular complexity index is 538. The highest BCUT2D eigenvalue weighted by Gasteiger charge is 2.30. The second-order valence-electron chi connectivity index (χ2n) is 3.16. The molecular weight excluding hydrogens is 295 g/mol. The van der Waals surface area contributed by atoms with E-state index in [0.29, 0.717) is 0 Å². The molecule has 1 aromatic rings. The molecule has 1 atom stereocenters. The Kier molecular flexibility index (Phi) is 4.48. The summed E-state index contributed by atoms with van der Waals surface area (Å²) in [5.74, 6) is 0. The number of rotatable bonds is 4. The van der Waals surface area contributed by atoms with Crippen LogP contribution in [0.3, 0.4) is 0 Å². The highest BCUT2D eigenvalue weighted by molar-refractivity contribution is 7.89. The highest BCUT2D eigenvalue weighted by Crippen LogP contribution is 2.16. The molecule has 0 heterocycles. The average Bonchev–Trinajstić information content (AvgIpc) is 2.26. The average molecular weight is 303 g/mol. The number of nitrogens with one attached hydrogen (secondary N) is 1. The number of alkyl halides is 3. The number of halogens is 3. The summed E-state index contributed by atoms with van der Waals surface area (Å²) in [5, 5.41) is 0. The van der Waals surface area contributed by atoms with E-state index in [1.165, 1.54) is 4.72 Å². The Hall–Kier alpha value is -0.970. The minimum absolute atomic E-state index is 0.0511. The van der Waals surface area contributed by atoms with E-state index in [1.54, 1.807) is 0 Å². The van der Waals surface area contributed by atoms with Crippen molar-refractivity contribution in [1.29, 1.82) is 0 Å². The summed E-state index contributed by atoms with van der Waals surface area (Å²) in [7, 11) is -4.29. The van der Waals surface area contributed by atoms with Crippen LogP contribution in [0.15, 0.2) is 34.1 Å². The van der Waals surface area contributed by atoms with Gasteiger partial charge in [-0.3, -0.25) is 0 Å². The van der Waals surface area contributed by atoms with Gasteiger partial charge in [0.15, 0.2) is 11.1 Å². The van der Waals surface area contributed by atoms with Crippen LogP contribution < -0.4 is 4.72 Å². The van der Waals surface area contributed by atoms with Crippen molar-refractivity contribution < 1.29 is 30.4 Å². The summed E-state index contributed by atoms with van der Waals surface area (Å²) >= 11 is -2.28. The fraction of sp³-hybridized carbons (Fsp3) is 0.250. The van der Waals surface area contributed by atoms with E-state index in [4.69, 9.17) is 4.55 Å². The Balaban J connectivity index is 2.89. The van der Waals surface area contributed by atoms with Crippen LogP contribution in [-0.2, 0) is 21.1 Å². The van der Waals surface area contributed by atoms with Crippen molar-refractivity contribution in [2.24, 2.45) is 0 Å².